The van der Waals surface area contributed by atoms with Crippen LogP contribution in [0.5, 0.6) is 0 Å². The summed E-state index contributed by atoms with van der Waals surface area (Å²) in [6, 6.07) is 17.8. The molecule has 0 aliphatic rings. The molecule has 0 unspecified atom stereocenters. The van der Waals surface area contributed by atoms with E-state index in [9.17, 15) is 9.59 Å². The number of furan rings is 1. The van der Waals surface area contributed by atoms with Crippen LogP contribution in [0.1, 0.15) is 27.2 Å². The van der Waals surface area contributed by atoms with E-state index in [1.54, 1.807) is 54.7 Å². The van der Waals surface area contributed by atoms with E-state index in [2.05, 4.69) is 4.98 Å². The molecule has 2 N–H and O–H groups in total. The molecule has 150 valence electrons. The predicted octanol–water partition coefficient (Wildman–Crippen LogP) is 4.12. The van der Waals surface area contributed by atoms with E-state index in [0.29, 0.717) is 22.7 Å². The van der Waals surface area contributed by atoms with Crippen LogP contribution in [0.3, 0.4) is 0 Å². The van der Waals surface area contributed by atoms with E-state index in [1.165, 1.54) is 10.6 Å². The maximum absolute atomic E-state index is 12.6. The van der Waals surface area contributed by atoms with Crippen LogP contribution < -0.4 is 5.69 Å². The van der Waals surface area contributed by atoms with Crippen molar-refractivity contribution in [3.8, 4) is 17.1 Å². The number of carbonyl (C=O) groups excluding carboxylic acids is 1. The number of hydrogen-bond donors (Lipinski definition) is 2. The number of nitrogens with one attached hydrogen (secondary N) is 1. The van der Waals surface area contributed by atoms with Gasteiger partial charge in [0, 0.05) is 11.8 Å². The summed E-state index contributed by atoms with van der Waals surface area (Å²) in [7, 11) is 0. The lowest BCUT2D eigenvalue weighted by Crippen LogP contribution is -2.14. The molecule has 4 rings (SSSR count). The first-order valence-corrected chi connectivity index (χ1v) is 9.44. The first kappa shape index (κ1) is 19.4. The van der Waals surface area contributed by atoms with E-state index in [-0.39, 0.29) is 18.1 Å². The highest BCUT2D eigenvalue weighted by molar-refractivity contribution is 6.07. The van der Waals surface area contributed by atoms with Crippen LogP contribution in [0, 0.1) is 6.92 Å². The van der Waals surface area contributed by atoms with Gasteiger partial charge in [-0.3, -0.25) is 9.36 Å². The van der Waals surface area contributed by atoms with Gasteiger partial charge in [-0.25, -0.2) is 4.79 Å². The zero-order valence-electron chi connectivity index (χ0n) is 16.3. The molecule has 0 atom stereocenters. The normalized spacial score (nSPS) is 11.3. The number of aliphatic hydroxyl groups is 1. The largest absolute Gasteiger partial charge is 0.460 e. The van der Waals surface area contributed by atoms with Gasteiger partial charge in [-0.1, -0.05) is 42.5 Å². The molecule has 0 radical (unpaired) electrons. The van der Waals surface area contributed by atoms with Crippen LogP contribution in [-0.2, 0) is 6.61 Å². The fourth-order valence-corrected chi connectivity index (χ4v) is 3.10. The van der Waals surface area contributed by atoms with E-state index in [0.717, 1.165) is 16.9 Å². The second-order valence-electron chi connectivity index (χ2n) is 6.90. The number of hydrogen-bond acceptors (Lipinski definition) is 4. The predicted molar refractivity (Wildman–Crippen MR) is 115 cm³/mol. The summed E-state index contributed by atoms with van der Waals surface area (Å²) < 4.78 is 7.01. The minimum absolute atomic E-state index is 0.0184. The van der Waals surface area contributed by atoms with Gasteiger partial charge in [0.1, 0.15) is 11.5 Å². The number of H-pyrrole nitrogens is 1. The summed E-state index contributed by atoms with van der Waals surface area (Å²) in [6.07, 6.45) is 4.86. The van der Waals surface area contributed by atoms with Crippen molar-refractivity contribution in [2.75, 3.05) is 0 Å². The highest BCUT2D eigenvalue weighted by atomic mass is 16.3. The van der Waals surface area contributed by atoms with Gasteiger partial charge in [0.2, 0.25) is 0 Å². The van der Waals surface area contributed by atoms with Gasteiger partial charge in [0.25, 0.3) is 0 Å². The maximum Gasteiger partial charge on any atom is 0.330 e. The van der Waals surface area contributed by atoms with Gasteiger partial charge in [0.05, 0.1) is 12.3 Å². The number of aryl methyl sites for hydroxylation is 1. The number of aromatic nitrogens is 2. The van der Waals surface area contributed by atoms with Gasteiger partial charge >= 0.3 is 5.69 Å². The summed E-state index contributed by atoms with van der Waals surface area (Å²) in [5, 5.41) is 9.10. The summed E-state index contributed by atoms with van der Waals surface area (Å²) in [5.74, 6) is 1.16. The van der Waals surface area contributed by atoms with Crippen molar-refractivity contribution in [1.29, 1.82) is 0 Å². The molecule has 0 bridgehead atoms. The molecule has 30 heavy (non-hydrogen) atoms. The van der Waals surface area contributed by atoms with Gasteiger partial charge in [-0.15, -0.1) is 0 Å². The molecule has 0 saturated heterocycles. The maximum atomic E-state index is 12.6. The van der Waals surface area contributed by atoms with Crippen LogP contribution in [0.25, 0.3) is 23.2 Å². The van der Waals surface area contributed by atoms with Crippen LogP contribution in [-0.4, -0.2) is 20.4 Å². The van der Waals surface area contributed by atoms with Crippen molar-refractivity contribution in [2.24, 2.45) is 0 Å². The van der Waals surface area contributed by atoms with Crippen molar-refractivity contribution in [3.63, 3.8) is 0 Å². The number of nitrogens with zero attached hydrogens (tertiary/aromatic N) is 1. The smallest absolute Gasteiger partial charge is 0.330 e. The Balaban J connectivity index is 1.58. The number of imidazole rings is 1. The Morgan fingerprint density at radius 3 is 2.63 bits per heavy atom. The quantitative estimate of drug-likeness (QED) is 0.376. The average molecular weight is 400 g/mol. The Hall–Kier alpha value is -3.90. The average Bonchev–Trinajstić information content (AvgIpc) is 3.38. The van der Waals surface area contributed by atoms with Gasteiger partial charge in [0.15, 0.2) is 11.5 Å². The van der Waals surface area contributed by atoms with Crippen LogP contribution in [0.15, 0.2) is 82.1 Å². The number of allylic oxidation sites excluding steroid dienone is 1. The van der Waals surface area contributed by atoms with E-state index in [4.69, 9.17) is 9.52 Å². The summed E-state index contributed by atoms with van der Waals surface area (Å²) in [4.78, 5) is 27.8. The summed E-state index contributed by atoms with van der Waals surface area (Å²) in [6.45, 7) is 1.82. The lowest BCUT2D eigenvalue weighted by Gasteiger charge is -2.03. The van der Waals surface area contributed by atoms with E-state index in [1.807, 2.05) is 25.1 Å². The molecule has 6 nitrogen and oxygen atoms in total. The van der Waals surface area contributed by atoms with E-state index < -0.39 is 0 Å². The zero-order chi connectivity index (χ0) is 21.1. The molecule has 0 aliphatic carbocycles. The molecule has 0 fully saturated rings. The van der Waals surface area contributed by atoms with Crippen molar-refractivity contribution >= 4 is 11.9 Å². The van der Waals surface area contributed by atoms with Crippen molar-refractivity contribution in [1.82, 2.24) is 9.55 Å². The molecule has 2 aromatic carbocycles. The molecule has 0 spiro atoms. The fraction of sp³-hybridized carbons (Fsp3) is 0.0833. The Bertz CT molecular complexity index is 1270. The standard InChI is InChI=1S/C24H20N2O4/c1-16-5-12-23(30-16)21-14-26(24(29)25-21)20-4-2-3-19(13-20)22(28)11-10-17-6-8-18(15-27)9-7-17/h2-14,27H,15H2,1H3,(H,25,29). The molecular formula is C24H20N2O4. The second-order valence-corrected chi connectivity index (χ2v) is 6.90. The first-order chi connectivity index (χ1) is 14.5. The molecule has 0 saturated carbocycles. The SMILES string of the molecule is Cc1ccc(-c2cn(-c3cccc(C(=O)C=Cc4ccc(CO)cc4)c3)c(=O)[nH]2)o1. The van der Waals surface area contributed by atoms with Crippen LogP contribution >= 0.6 is 0 Å². The zero-order valence-corrected chi connectivity index (χ0v) is 16.3. The third-order valence-corrected chi connectivity index (χ3v) is 4.72. The van der Waals surface area contributed by atoms with Crippen molar-refractivity contribution in [3.05, 3.63) is 106 Å². The first-order valence-electron chi connectivity index (χ1n) is 9.44. The van der Waals surface area contributed by atoms with Crippen molar-refractivity contribution in [2.45, 2.75) is 13.5 Å². The van der Waals surface area contributed by atoms with Gasteiger partial charge < -0.3 is 14.5 Å². The summed E-state index contributed by atoms with van der Waals surface area (Å²) >= 11 is 0. The Morgan fingerprint density at radius 1 is 1.13 bits per heavy atom. The Kier molecular flexibility index (Phi) is 5.32. The number of aromatic amines is 1. The molecule has 6 heteroatoms. The highest BCUT2D eigenvalue weighted by Gasteiger charge is 2.11. The van der Waals surface area contributed by atoms with Crippen molar-refractivity contribution < 1.29 is 14.3 Å². The monoisotopic (exact) mass is 400 g/mol. The minimum Gasteiger partial charge on any atom is -0.460 e. The Morgan fingerprint density at radius 2 is 1.93 bits per heavy atom. The molecular weight excluding hydrogens is 380 g/mol. The highest BCUT2D eigenvalue weighted by Crippen LogP contribution is 2.20. The molecule has 4 aromatic rings. The number of carbonyl (C=O) groups is 1. The third kappa shape index (κ3) is 4.09. The molecule has 0 aliphatic heterocycles. The Labute approximate surface area is 172 Å². The molecule has 2 heterocycles. The number of benzene rings is 2. The fourth-order valence-electron chi connectivity index (χ4n) is 3.10. The van der Waals surface area contributed by atoms with Crippen LogP contribution in [0.2, 0.25) is 0 Å². The topological polar surface area (TPSA) is 88.2 Å². The second kappa shape index (κ2) is 8.23. The lowest BCUT2D eigenvalue weighted by atomic mass is 10.1. The number of ketones is 1. The van der Waals surface area contributed by atoms with E-state index >= 15 is 0 Å². The molecule has 2 aromatic heterocycles. The van der Waals surface area contributed by atoms with Gasteiger partial charge in [-0.2, -0.15) is 0 Å². The lowest BCUT2D eigenvalue weighted by molar-refractivity contribution is 0.104. The van der Waals surface area contributed by atoms with Gasteiger partial charge in [-0.05, 0) is 48.4 Å². The third-order valence-electron chi connectivity index (χ3n) is 4.72. The number of rotatable bonds is 6. The number of aliphatic hydroxyl groups excluding tert-OH is 1. The summed E-state index contributed by atoms with van der Waals surface area (Å²) in [5.41, 5.74) is 2.97. The minimum atomic E-state index is -0.317. The van der Waals surface area contributed by atoms with Crippen LogP contribution in [0.4, 0.5) is 0 Å². The molecule has 0 amide bonds.